The predicted molar refractivity (Wildman–Crippen MR) is 93.5 cm³/mol. The summed E-state index contributed by atoms with van der Waals surface area (Å²) in [6, 6.07) is 7.38. The maximum Gasteiger partial charge on any atom is 0.344 e. The number of benzene rings is 1. The van der Waals surface area contributed by atoms with Crippen LogP contribution in [0.1, 0.15) is 38.7 Å². The largest absolute Gasteiger partial charge is 0.399 e. The van der Waals surface area contributed by atoms with Gasteiger partial charge in [0.25, 0.3) is 0 Å². The van der Waals surface area contributed by atoms with Crippen LogP contribution >= 0.6 is 15.7 Å². The second-order valence-corrected chi connectivity index (χ2v) is 9.33. The van der Waals surface area contributed by atoms with Crippen LogP contribution in [0.3, 0.4) is 0 Å². The van der Waals surface area contributed by atoms with Gasteiger partial charge in [0.1, 0.15) is 5.40 Å². The lowest BCUT2D eigenvalue weighted by molar-refractivity contribution is 0.216. The lowest BCUT2D eigenvalue weighted by Gasteiger charge is -2.32. The molecule has 0 aliphatic heterocycles. The Morgan fingerprint density at radius 2 is 1.59 bits per heavy atom. The van der Waals surface area contributed by atoms with Crippen LogP contribution in [0.2, 0.25) is 0 Å². The molecular formula is C15H27NO4P2. The van der Waals surface area contributed by atoms with E-state index < -0.39 is 21.1 Å². The highest BCUT2D eigenvalue weighted by atomic mass is 31.2. The SMILES string of the molecule is CCOP(CC)C(c1ccc(N)cc1)P(=O)(OCC)OCC. The molecule has 0 aliphatic rings. The molecule has 2 atom stereocenters. The average Bonchev–Trinajstić information content (AvgIpc) is 2.49. The topological polar surface area (TPSA) is 70.8 Å². The van der Waals surface area contributed by atoms with Gasteiger partial charge in [-0.05, 0) is 44.6 Å². The first kappa shape index (κ1) is 19.6. The van der Waals surface area contributed by atoms with E-state index in [1.54, 1.807) is 12.1 Å². The molecule has 5 nitrogen and oxygen atoms in total. The van der Waals surface area contributed by atoms with E-state index in [1.165, 1.54) is 0 Å². The van der Waals surface area contributed by atoms with Gasteiger partial charge in [0.2, 0.25) is 0 Å². The zero-order valence-corrected chi connectivity index (χ0v) is 15.6. The lowest BCUT2D eigenvalue weighted by atomic mass is 10.2. The molecule has 1 rings (SSSR count). The predicted octanol–water partition coefficient (Wildman–Crippen LogP) is 4.99. The zero-order chi connectivity index (χ0) is 16.6. The van der Waals surface area contributed by atoms with Gasteiger partial charge in [-0.1, -0.05) is 19.1 Å². The van der Waals surface area contributed by atoms with Crippen molar-refractivity contribution in [3.63, 3.8) is 0 Å². The Morgan fingerprint density at radius 1 is 1.05 bits per heavy atom. The fourth-order valence-electron chi connectivity index (χ4n) is 2.21. The Labute approximate surface area is 134 Å². The van der Waals surface area contributed by atoms with Gasteiger partial charge in [0, 0.05) is 20.4 Å². The molecule has 7 heteroatoms. The molecule has 0 amide bonds. The number of hydrogen-bond donors (Lipinski definition) is 1. The summed E-state index contributed by atoms with van der Waals surface area (Å²) in [5, 5.41) is -0.395. The summed E-state index contributed by atoms with van der Waals surface area (Å²) in [6.45, 7) is 8.86. The summed E-state index contributed by atoms with van der Waals surface area (Å²) in [5.41, 5.74) is 7.32. The first-order chi connectivity index (χ1) is 10.5. The molecule has 1 aromatic carbocycles. The van der Waals surface area contributed by atoms with Crippen LogP contribution in [-0.4, -0.2) is 26.0 Å². The summed E-state index contributed by atoms with van der Waals surface area (Å²) in [5.74, 6) is 0. The van der Waals surface area contributed by atoms with E-state index >= 15 is 0 Å². The molecule has 0 spiro atoms. The molecule has 0 radical (unpaired) electrons. The van der Waals surface area contributed by atoms with E-state index in [0.717, 1.165) is 11.7 Å². The van der Waals surface area contributed by atoms with Crippen LogP contribution in [0.25, 0.3) is 0 Å². The maximum absolute atomic E-state index is 13.3. The third kappa shape index (κ3) is 5.04. The van der Waals surface area contributed by atoms with Crippen LogP contribution in [0, 0.1) is 0 Å². The third-order valence-corrected chi connectivity index (χ3v) is 8.84. The highest BCUT2D eigenvalue weighted by Crippen LogP contribution is 2.74. The van der Waals surface area contributed by atoms with Crippen molar-refractivity contribution in [2.45, 2.75) is 33.1 Å². The van der Waals surface area contributed by atoms with Gasteiger partial charge in [0.15, 0.2) is 0 Å². The van der Waals surface area contributed by atoms with E-state index in [2.05, 4.69) is 0 Å². The molecule has 126 valence electrons. The van der Waals surface area contributed by atoms with Crippen LogP contribution in [-0.2, 0) is 18.1 Å². The molecule has 0 aliphatic carbocycles. The number of hydrogen-bond acceptors (Lipinski definition) is 5. The van der Waals surface area contributed by atoms with Crippen molar-refractivity contribution in [3.05, 3.63) is 29.8 Å². The smallest absolute Gasteiger partial charge is 0.344 e. The average molecular weight is 347 g/mol. The van der Waals surface area contributed by atoms with Gasteiger partial charge in [-0.2, -0.15) is 0 Å². The lowest BCUT2D eigenvalue weighted by Crippen LogP contribution is -2.08. The standard InChI is InChI=1S/C15H27NO4P2/c1-5-18-21(8-4)15(13-9-11-14(16)12-10-13)22(17,19-6-2)20-7-3/h9-12,15H,5-8,16H2,1-4H3. The second kappa shape index (κ2) is 9.64. The van der Waals surface area contributed by atoms with Crippen molar-refractivity contribution in [1.82, 2.24) is 0 Å². The highest BCUT2D eigenvalue weighted by Gasteiger charge is 2.42. The molecule has 2 unspecified atom stereocenters. The van der Waals surface area contributed by atoms with Crippen LogP contribution < -0.4 is 5.73 Å². The molecule has 0 bridgehead atoms. The Morgan fingerprint density at radius 3 is 2.00 bits per heavy atom. The van der Waals surface area contributed by atoms with Gasteiger partial charge in [0.05, 0.1) is 13.2 Å². The zero-order valence-electron chi connectivity index (χ0n) is 13.8. The molecule has 0 saturated heterocycles. The van der Waals surface area contributed by atoms with Crippen molar-refractivity contribution in [2.75, 3.05) is 31.7 Å². The van der Waals surface area contributed by atoms with E-state index in [1.807, 2.05) is 39.8 Å². The van der Waals surface area contributed by atoms with Gasteiger partial charge in [-0.3, -0.25) is 4.57 Å². The molecule has 0 aromatic heterocycles. The van der Waals surface area contributed by atoms with Gasteiger partial charge < -0.3 is 19.3 Å². The second-order valence-electron chi connectivity index (χ2n) is 4.57. The number of rotatable bonds is 10. The first-order valence-corrected chi connectivity index (χ1v) is 10.8. The molecular weight excluding hydrogens is 320 g/mol. The maximum atomic E-state index is 13.3. The van der Waals surface area contributed by atoms with E-state index in [0.29, 0.717) is 25.5 Å². The molecule has 0 fully saturated rings. The normalized spacial score (nSPS) is 14.7. The quantitative estimate of drug-likeness (QED) is 0.477. The monoisotopic (exact) mass is 347 g/mol. The van der Waals surface area contributed by atoms with E-state index in [9.17, 15) is 4.57 Å². The van der Waals surface area contributed by atoms with Crippen molar-refractivity contribution >= 4 is 21.4 Å². The summed E-state index contributed by atoms with van der Waals surface area (Å²) in [7, 11) is -4.28. The molecule has 1 aromatic rings. The summed E-state index contributed by atoms with van der Waals surface area (Å²) < 4.78 is 30.4. The minimum absolute atomic E-state index is 0.335. The fourth-order valence-corrected chi connectivity index (χ4v) is 7.69. The number of nitrogens with two attached hydrogens (primary N) is 1. The van der Waals surface area contributed by atoms with Gasteiger partial charge in [-0.25, -0.2) is 0 Å². The molecule has 0 saturated carbocycles. The molecule has 2 N–H and O–H groups in total. The van der Waals surface area contributed by atoms with Crippen molar-refractivity contribution < 1.29 is 18.1 Å². The van der Waals surface area contributed by atoms with Crippen LogP contribution in [0.4, 0.5) is 5.69 Å². The Kier molecular flexibility index (Phi) is 8.59. The summed E-state index contributed by atoms with van der Waals surface area (Å²) in [4.78, 5) is 0. The van der Waals surface area contributed by atoms with Crippen LogP contribution in [0.15, 0.2) is 24.3 Å². The molecule has 0 heterocycles. The Balaban J connectivity index is 3.29. The minimum Gasteiger partial charge on any atom is -0.399 e. The van der Waals surface area contributed by atoms with Gasteiger partial charge >= 0.3 is 7.60 Å². The number of nitrogen functional groups attached to an aromatic ring is 1. The summed E-state index contributed by atoms with van der Waals surface area (Å²) >= 11 is 0. The van der Waals surface area contributed by atoms with Crippen molar-refractivity contribution in [1.29, 1.82) is 0 Å². The third-order valence-electron chi connectivity index (χ3n) is 3.03. The van der Waals surface area contributed by atoms with Crippen LogP contribution in [0.5, 0.6) is 0 Å². The van der Waals surface area contributed by atoms with Gasteiger partial charge in [-0.15, -0.1) is 0 Å². The van der Waals surface area contributed by atoms with E-state index in [-0.39, 0.29) is 0 Å². The highest BCUT2D eigenvalue weighted by molar-refractivity contribution is 7.71. The van der Waals surface area contributed by atoms with Crippen molar-refractivity contribution in [2.24, 2.45) is 0 Å². The Hall–Kier alpha value is -0.440. The summed E-state index contributed by atoms with van der Waals surface area (Å²) in [6.07, 6.45) is 0.780. The molecule has 22 heavy (non-hydrogen) atoms. The fraction of sp³-hybridized carbons (Fsp3) is 0.600. The Bertz CT molecular complexity index is 471. The van der Waals surface area contributed by atoms with Crippen molar-refractivity contribution in [3.8, 4) is 0 Å². The minimum atomic E-state index is -3.31. The first-order valence-electron chi connectivity index (χ1n) is 7.66. The number of anilines is 1. The van der Waals surface area contributed by atoms with E-state index in [4.69, 9.17) is 19.3 Å².